The molecule has 1 aromatic carbocycles. The smallest absolute Gasteiger partial charge is 0.361 e. The number of aromatic amines is 1. The molecule has 0 amide bonds. The number of pyridine rings is 1. The number of hydrogen-bond acceptors (Lipinski definition) is 1. The Morgan fingerprint density at radius 3 is 2.41 bits per heavy atom. The second-order valence-electron chi connectivity index (χ2n) is 3.48. The standard InChI is InChI=1S/C12H8F3NO/c13-12(14,15)10-4-2-1-3-9(10)11-7-8(17)5-6-16-11/h1-7H,(H,16,17). The van der Waals surface area contributed by atoms with E-state index in [-0.39, 0.29) is 16.7 Å². The van der Waals surface area contributed by atoms with E-state index in [1.165, 1.54) is 30.5 Å². The van der Waals surface area contributed by atoms with Gasteiger partial charge < -0.3 is 4.98 Å². The van der Waals surface area contributed by atoms with Crippen LogP contribution in [0.1, 0.15) is 5.56 Å². The molecule has 0 bridgehead atoms. The summed E-state index contributed by atoms with van der Waals surface area (Å²) >= 11 is 0. The molecule has 1 heterocycles. The van der Waals surface area contributed by atoms with E-state index in [9.17, 15) is 18.0 Å². The molecule has 17 heavy (non-hydrogen) atoms. The molecule has 0 aliphatic rings. The predicted octanol–water partition coefficient (Wildman–Crippen LogP) is 3.06. The maximum atomic E-state index is 12.7. The highest BCUT2D eigenvalue weighted by Crippen LogP contribution is 2.35. The van der Waals surface area contributed by atoms with Crippen molar-refractivity contribution in [2.45, 2.75) is 6.18 Å². The van der Waals surface area contributed by atoms with E-state index >= 15 is 0 Å². The largest absolute Gasteiger partial charge is 0.417 e. The van der Waals surface area contributed by atoms with E-state index in [2.05, 4.69) is 4.98 Å². The zero-order chi connectivity index (χ0) is 12.5. The van der Waals surface area contributed by atoms with Gasteiger partial charge in [0.2, 0.25) is 0 Å². The van der Waals surface area contributed by atoms with Crippen LogP contribution in [0.25, 0.3) is 11.3 Å². The summed E-state index contributed by atoms with van der Waals surface area (Å²) in [5.74, 6) is 0. The Kier molecular flexibility index (Phi) is 2.75. The molecule has 2 rings (SSSR count). The Hall–Kier alpha value is -2.04. The van der Waals surface area contributed by atoms with Crippen molar-refractivity contribution in [1.29, 1.82) is 0 Å². The van der Waals surface area contributed by atoms with E-state index in [0.717, 1.165) is 12.1 Å². The number of H-pyrrole nitrogens is 1. The van der Waals surface area contributed by atoms with Gasteiger partial charge >= 0.3 is 6.18 Å². The van der Waals surface area contributed by atoms with Crippen LogP contribution in [-0.4, -0.2) is 4.98 Å². The van der Waals surface area contributed by atoms with Gasteiger partial charge in [0.15, 0.2) is 5.43 Å². The summed E-state index contributed by atoms with van der Waals surface area (Å²) in [5.41, 5.74) is -0.972. The van der Waals surface area contributed by atoms with Crippen molar-refractivity contribution >= 4 is 0 Å². The molecule has 0 aliphatic heterocycles. The molecule has 2 nitrogen and oxygen atoms in total. The number of alkyl halides is 3. The lowest BCUT2D eigenvalue weighted by Gasteiger charge is -2.12. The Balaban J connectivity index is 2.64. The maximum Gasteiger partial charge on any atom is 0.417 e. The van der Waals surface area contributed by atoms with Crippen molar-refractivity contribution in [3.8, 4) is 11.3 Å². The Labute approximate surface area is 94.7 Å². The van der Waals surface area contributed by atoms with Crippen molar-refractivity contribution in [3.05, 3.63) is 58.4 Å². The Morgan fingerprint density at radius 1 is 1.06 bits per heavy atom. The molecule has 1 N–H and O–H groups in total. The molecule has 0 fully saturated rings. The van der Waals surface area contributed by atoms with E-state index < -0.39 is 11.7 Å². The molecule has 5 heteroatoms. The molecular formula is C12H8F3NO. The van der Waals surface area contributed by atoms with Gasteiger partial charge in [0.25, 0.3) is 0 Å². The summed E-state index contributed by atoms with van der Waals surface area (Å²) < 4.78 is 38.2. The second-order valence-corrected chi connectivity index (χ2v) is 3.48. The quantitative estimate of drug-likeness (QED) is 0.815. The lowest BCUT2D eigenvalue weighted by Crippen LogP contribution is -2.08. The minimum absolute atomic E-state index is 0.0299. The highest BCUT2D eigenvalue weighted by Gasteiger charge is 2.33. The Bertz CT molecular complexity index is 587. The maximum absolute atomic E-state index is 12.7. The fourth-order valence-electron chi connectivity index (χ4n) is 1.57. The van der Waals surface area contributed by atoms with Gasteiger partial charge in [0, 0.05) is 29.6 Å². The van der Waals surface area contributed by atoms with Crippen LogP contribution in [0.4, 0.5) is 13.2 Å². The first-order chi connectivity index (χ1) is 7.98. The van der Waals surface area contributed by atoms with E-state index in [0.29, 0.717) is 0 Å². The van der Waals surface area contributed by atoms with Crippen LogP contribution in [0, 0.1) is 0 Å². The van der Waals surface area contributed by atoms with E-state index in [4.69, 9.17) is 0 Å². The number of hydrogen-bond donors (Lipinski definition) is 1. The van der Waals surface area contributed by atoms with Gasteiger partial charge in [-0.2, -0.15) is 13.2 Å². The first-order valence-corrected chi connectivity index (χ1v) is 4.84. The van der Waals surface area contributed by atoms with Gasteiger partial charge in [-0.05, 0) is 6.07 Å². The normalized spacial score (nSPS) is 11.5. The number of benzene rings is 1. The van der Waals surface area contributed by atoms with Crippen molar-refractivity contribution in [2.24, 2.45) is 0 Å². The average Bonchev–Trinajstić information content (AvgIpc) is 2.28. The molecule has 0 spiro atoms. The molecule has 2 aromatic rings. The first-order valence-electron chi connectivity index (χ1n) is 4.84. The molecular weight excluding hydrogens is 231 g/mol. The van der Waals surface area contributed by atoms with Crippen LogP contribution >= 0.6 is 0 Å². The van der Waals surface area contributed by atoms with Gasteiger partial charge in [-0.1, -0.05) is 18.2 Å². The topological polar surface area (TPSA) is 32.9 Å². The van der Waals surface area contributed by atoms with Crippen LogP contribution in [-0.2, 0) is 6.18 Å². The highest BCUT2D eigenvalue weighted by molar-refractivity contribution is 5.64. The number of rotatable bonds is 1. The summed E-state index contributed by atoms with van der Waals surface area (Å²) in [6, 6.07) is 7.52. The second kappa shape index (κ2) is 4.08. The summed E-state index contributed by atoms with van der Waals surface area (Å²) in [6.45, 7) is 0. The molecule has 0 atom stereocenters. The molecule has 0 unspecified atom stereocenters. The van der Waals surface area contributed by atoms with Crippen LogP contribution < -0.4 is 5.43 Å². The van der Waals surface area contributed by atoms with Crippen molar-refractivity contribution in [2.75, 3.05) is 0 Å². The fourth-order valence-corrected chi connectivity index (χ4v) is 1.57. The summed E-state index contributed by atoms with van der Waals surface area (Å²) in [6.07, 6.45) is -3.12. The minimum atomic E-state index is -4.44. The van der Waals surface area contributed by atoms with Gasteiger partial charge in [0.1, 0.15) is 0 Å². The fraction of sp³-hybridized carbons (Fsp3) is 0.0833. The van der Waals surface area contributed by atoms with Crippen LogP contribution in [0.15, 0.2) is 47.4 Å². The summed E-state index contributed by atoms with van der Waals surface area (Å²) in [7, 11) is 0. The zero-order valence-corrected chi connectivity index (χ0v) is 8.58. The van der Waals surface area contributed by atoms with Crippen LogP contribution in [0.3, 0.4) is 0 Å². The molecule has 0 saturated carbocycles. The predicted molar refractivity (Wildman–Crippen MR) is 57.5 cm³/mol. The van der Waals surface area contributed by atoms with Gasteiger partial charge in [-0.25, -0.2) is 0 Å². The van der Waals surface area contributed by atoms with Crippen molar-refractivity contribution in [1.82, 2.24) is 4.98 Å². The molecule has 0 radical (unpaired) electrons. The minimum Gasteiger partial charge on any atom is -0.361 e. The number of aromatic nitrogens is 1. The monoisotopic (exact) mass is 239 g/mol. The van der Waals surface area contributed by atoms with E-state index in [1.54, 1.807) is 0 Å². The summed E-state index contributed by atoms with van der Waals surface area (Å²) in [5, 5.41) is 0. The Morgan fingerprint density at radius 2 is 1.76 bits per heavy atom. The van der Waals surface area contributed by atoms with Gasteiger partial charge in [-0.3, -0.25) is 4.79 Å². The third kappa shape index (κ3) is 2.38. The number of nitrogens with one attached hydrogen (secondary N) is 1. The lowest BCUT2D eigenvalue weighted by atomic mass is 10.0. The number of halogens is 3. The third-order valence-corrected chi connectivity index (χ3v) is 2.30. The molecule has 88 valence electrons. The average molecular weight is 239 g/mol. The van der Waals surface area contributed by atoms with Crippen molar-refractivity contribution in [3.63, 3.8) is 0 Å². The molecule has 0 saturated heterocycles. The lowest BCUT2D eigenvalue weighted by molar-refractivity contribution is -0.137. The molecule has 0 aliphatic carbocycles. The highest BCUT2D eigenvalue weighted by atomic mass is 19.4. The van der Waals surface area contributed by atoms with Crippen LogP contribution in [0.2, 0.25) is 0 Å². The van der Waals surface area contributed by atoms with Gasteiger partial charge in [-0.15, -0.1) is 0 Å². The first kappa shape index (κ1) is 11.4. The third-order valence-electron chi connectivity index (χ3n) is 2.30. The van der Waals surface area contributed by atoms with E-state index in [1.807, 2.05) is 0 Å². The molecule has 1 aromatic heterocycles. The SMILES string of the molecule is O=c1cc[nH]c(-c2ccccc2C(F)(F)F)c1. The van der Waals surface area contributed by atoms with Crippen LogP contribution in [0.5, 0.6) is 0 Å². The van der Waals surface area contributed by atoms with Crippen molar-refractivity contribution < 1.29 is 13.2 Å². The zero-order valence-electron chi connectivity index (χ0n) is 8.58. The van der Waals surface area contributed by atoms with Gasteiger partial charge in [0.05, 0.1) is 5.56 Å². The summed E-state index contributed by atoms with van der Waals surface area (Å²) in [4.78, 5) is 13.8.